The molecule has 0 aliphatic heterocycles. The molecule has 2 aliphatic carbocycles. The Morgan fingerprint density at radius 3 is 2.29 bits per heavy atom. The van der Waals surface area contributed by atoms with Crippen LogP contribution in [0, 0.1) is 11.8 Å². The summed E-state index contributed by atoms with van der Waals surface area (Å²) in [4.78, 5) is 24.5. The lowest BCUT2D eigenvalue weighted by Gasteiger charge is -2.29. The number of methoxy groups -OCH3 is 1. The van der Waals surface area contributed by atoms with Crippen molar-refractivity contribution in [3.8, 4) is 5.75 Å². The Morgan fingerprint density at radius 2 is 1.71 bits per heavy atom. The number of para-hydroxylation sites is 1. The second-order valence-electron chi connectivity index (χ2n) is 6.80. The number of hydrogen-bond donors (Lipinski definition) is 2. The minimum absolute atomic E-state index is 0.0787. The van der Waals surface area contributed by atoms with Crippen LogP contribution in [0.3, 0.4) is 0 Å². The SMILES string of the molecule is COc1ccccc1[C@@H](CNC(=O)C1CCC1)NC(=O)C1CCC1. The fourth-order valence-corrected chi connectivity index (χ4v) is 3.17. The van der Waals surface area contributed by atoms with Crippen LogP contribution >= 0.6 is 0 Å². The van der Waals surface area contributed by atoms with Gasteiger partial charge in [0.15, 0.2) is 0 Å². The molecule has 24 heavy (non-hydrogen) atoms. The van der Waals surface area contributed by atoms with Crippen LogP contribution < -0.4 is 15.4 Å². The zero-order valence-corrected chi connectivity index (χ0v) is 14.2. The zero-order chi connectivity index (χ0) is 16.9. The van der Waals surface area contributed by atoms with E-state index in [1.165, 1.54) is 0 Å². The third-order valence-electron chi connectivity index (χ3n) is 5.26. The fraction of sp³-hybridized carbons (Fsp3) is 0.579. The van der Waals surface area contributed by atoms with Gasteiger partial charge in [-0.3, -0.25) is 9.59 Å². The number of nitrogens with one attached hydrogen (secondary N) is 2. The molecule has 1 aromatic rings. The predicted octanol–water partition coefficient (Wildman–Crippen LogP) is 2.57. The first kappa shape index (κ1) is 16.8. The second-order valence-corrected chi connectivity index (χ2v) is 6.80. The van der Waals surface area contributed by atoms with Gasteiger partial charge in [-0.1, -0.05) is 31.0 Å². The highest BCUT2D eigenvalue weighted by molar-refractivity contribution is 5.81. The minimum atomic E-state index is -0.265. The van der Waals surface area contributed by atoms with Gasteiger partial charge in [0.25, 0.3) is 0 Å². The molecule has 0 aromatic heterocycles. The van der Waals surface area contributed by atoms with Crippen molar-refractivity contribution in [3.05, 3.63) is 29.8 Å². The van der Waals surface area contributed by atoms with Crippen LogP contribution in [0.15, 0.2) is 24.3 Å². The Kier molecular flexibility index (Phi) is 5.38. The first-order valence-electron chi connectivity index (χ1n) is 8.90. The summed E-state index contributed by atoms with van der Waals surface area (Å²) in [5.74, 6) is 1.17. The Bertz CT molecular complexity index is 594. The number of hydrogen-bond acceptors (Lipinski definition) is 3. The normalized spacial score (nSPS) is 18.9. The highest BCUT2D eigenvalue weighted by Crippen LogP contribution is 2.30. The number of carbonyl (C=O) groups is 2. The molecule has 1 aromatic carbocycles. The summed E-state index contributed by atoms with van der Waals surface area (Å²) in [7, 11) is 1.62. The summed E-state index contributed by atoms with van der Waals surface area (Å²) in [5, 5.41) is 6.11. The lowest BCUT2D eigenvalue weighted by molar-refractivity contribution is -0.130. The summed E-state index contributed by atoms with van der Waals surface area (Å²) in [6, 6.07) is 7.39. The molecule has 2 aliphatic rings. The standard InChI is InChI=1S/C19H26N2O3/c1-24-17-11-3-2-10-15(17)16(21-19(23)14-8-5-9-14)12-20-18(22)13-6-4-7-13/h2-3,10-11,13-14,16H,4-9,12H2,1H3,(H,20,22)(H,21,23)/t16-/m1/s1. The van der Waals surface area contributed by atoms with E-state index in [2.05, 4.69) is 10.6 Å². The summed E-state index contributed by atoms with van der Waals surface area (Å²) in [5.41, 5.74) is 0.904. The van der Waals surface area contributed by atoms with Gasteiger partial charge in [0.05, 0.1) is 13.2 Å². The molecule has 5 heteroatoms. The number of benzene rings is 1. The molecule has 5 nitrogen and oxygen atoms in total. The van der Waals surface area contributed by atoms with Gasteiger partial charge < -0.3 is 15.4 Å². The molecule has 2 N–H and O–H groups in total. The number of amides is 2. The third-order valence-corrected chi connectivity index (χ3v) is 5.26. The molecular weight excluding hydrogens is 304 g/mol. The van der Waals surface area contributed by atoms with Crippen molar-refractivity contribution in [1.29, 1.82) is 0 Å². The zero-order valence-electron chi connectivity index (χ0n) is 14.2. The average Bonchev–Trinajstić information content (AvgIpc) is 2.48. The van der Waals surface area contributed by atoms with Gasteiger partial charge in [-0.25, -0.2) is 0 Å². The number of ether oxygens (including phenoxy) is 1. The molecule has 0 radical (unpaired) electrons. The van der Waals surface area contributed by atoms with Gasteiger partial charge in [-0.2, -0.15) is 0 Å². The molecule has 3 rings (SSSR count). The van der Waals surface area contributed by atoms with E-state index >= 15 is 0 Å². The van der Waals surface area contributed by atoms with Crippen molar-refractivity contribution in [2.45, 2.75) is 44.6 Å². The maximum atomic E-state index is 12.4. The van der Waals surface area contributed by atoms with E-state index in [0.717, 1.165) is 49.8 Å². The van der Waals surface area contributed by atoms with E-state index in [1.807, 2.05) is 24.3 Å². The molecule has 0 saturated heterocycles. The van der Waals surface area contributed by atoms with Crippen LogP contribution in [-0.4, -0.2) is 25.5 Å². The predicted molar refractivity (Wildman–Crippen MR) is 91.6 cm³/mol. The van der Waals surface area contributed by atoms with Gasteiger partial charge >= 0.3 is 0 Å². The maximum Gasteiger partial charge on any atom is 0.223 e. The average molecular weight is 330 g/mol. The lowest BCUT2D eigenvalue weighted by Crippen LogP contribution is -2.43. The molecule has 0 bridgehead atoms. The highest BCUT2D eigenvalue weighted by atomic mass is 16.5. The van der Waals surface area contributed by atoms with Crippen molar-refractivity contribution < 1.29 is 14.3 Å². The van der Waals surface area contributed by atoms with E-state index in [4.69, 9.17) is 4.74 Å². The Labute approximate surface area is 143 Å². The maximum absolute atomic E-state index is 12.4. The minimum Gasteiger partial charge on any atom is -0.496 e. The van der Waals surface area contributed by atoms with Crippen molar-refractivity contribution in [2.75, 3.05) is 13.7 Å². The number of carbonyl (C=O) groups excluding carboxylic acids is 2. The van der Waals surface area contributed by atoms with E-state index < -0.39 is 0 Å². The Morgan fingerprint density at radius 1 is 1.08 bits per heavy atom. The topological polar surface area (TPSA) is 67.4 Å². The van der Waals surface area contributed by atoms with Gasteiger partial charge in [-0.05, 0) is 31.7 Å². The molecule has 0 heterocycles. The summed E-state index contributed by atoms with van der Waals surface area (Å²) in [6.45, 7) is 0.397. The largest absolute Gasteiger partial charge is 0.496 e. The summed E-state index contributed by atoms with van der Waals surface area (Å²) >= 11 is 0. The summed E-state index contributed by atoms with van der Waals surface area (Å²) in [6.07, 6.45) is 6.11. The summed E-state index contributed by atoms with van der Waals surface area (Å²) < 4.78 is 5.43. The smallest absolute Gasteiger partial charge is 0.223 e. The first-order chi connectivity index (χ1) is 11.7. The molecule has 0 unspecified atom stereocenters. The van der Waals surface area contributed by atoms with Gasteiger partial charge in [0.2, 0.25) is 11.8 Å². The molecule has 2 saturated carbocycles. The van der Waals surface area contributed by atoms with Gasteiger partial charge in [-0.15, -0.1) is 0 Å². The van der Waals surface area contributed by atoms with Crippen molar-refractivity contribution in [1.82, 2.24) is 10.6 Å². The van der Waals surface area contributed by atoms with Crippen LogP contribution in [0.2, 0.25) is 0 Å². The van der Waals surface area contributed by atoms with E-state index in [9.17, 15) is 9.59 Å². The highest BCUT2D eigenvalue weighted by Gasteiger charge is 2.30. The monoisotopic (exact) mass is 330 g/mol. The third kappa shape index (κ3) is 3.71. The molecule has 2 amide bonds. The second kappa shape index (κ2) is 7.69. The quantitative estimate of drug-likeness (QED) is 0.807. The molecular formula is C19H26N2O3. The lowest BCUT2D eigenvalue weighted by atomic mass is 9.84. The molecule has 1 atom stereocenters. The van der Waals surface area contributed by atoms with Crippen molar-refractivity contribution >= 4 is 11.8 Å². The Hall–Kier alpha value is -2.04. The van der Waals surface area contributed by atoms with Crippen LogP contribution in [0.4, 0.5) is 0 Å². The molecule has 0 spiro atoms. The van der Waals surface area contributed by atoms with Crippen LogP contribution in [-0.2, 0) is 9.59 Å². The first-order valence-corrected chi connectivity index (χ1v) is 8.90. The van der Waals surface area contributed by atoms with Crippen molar-refractivity contribution in [2.24, 2.45) is 11.8 Å². The van der Waals surface area contributed by atoms with E-state index in [1.54, 1.807) is 7.11 Å². The number of rotatable bonds is 7. The van der Waals surface area contributed by atoms with Gasteiger partial charge in [0.1, 0.15) is 5.75 Å². The van der Waals surface area contributed by atoms with E-state index in [0.29, 0.717) is 6.54 Å². The van der Waals surface area contributed by atoms with Crippen LogP contribution in [0.5, 0.6) is 5.75 Å². The molecule has 130 valence electrons. The van der Waals surface area contributed by atoms with Crippen molar-refractivity contribution in [3.63, 3.8) is 0 Å². The van der Waals surface area contributed by atoms with Crippen LogP contribution in [0.25, 0.3) is 0 Å². The molecule has 2 fully saturated rings. The van der Waals surface area contributed by atoms with Gasteiger partial charge in [0, 0.05) is 23.9 Å². The van der Waals surface area contributed by atoms with E-state index in [-0.39, 0.29) is 29.7 Å². The fourth-order valence-electron chi connectivity index (χ4n) is 3.17. The van der Waals surface area contributed by atoms with Crippen LogP contribution in [0.1, 0.15) is 50.1 Å². The Balaban J connectivity index is 1.69.